The summed E-state index contributed by atoms with van der Waals surface area (Å²) in [6.07, 6.45) is 3.84. The maximum absolute atomic E-state index is 11.9. The van der Waals surface area contributed by atoms with Crippen molar-refractivity contribution >= 4 is 11.8 Å². The van der Waals surface area contributed by atoms with Crippen molar-refractivity contribution in [2.45, 2.75) is 18.9 Å². The number of carbonyl (C=O) groups excluding carboxylic acids is 2. The van der Waals surface area contributed by atoms with Crippen molar-refractivity contribution in [1.29, 1.82) is 0 Å². The zero-order valence-electron chi connectivity index (χ0n) is 11.3. The van der Waals surface area contributed by atoms with E-state index < -0.39 is 5.91 Å². The van der Waals surface area contributed by atoms with Crippen molar-refractivity contribution in [3.63, 3.8) is 0 Å². The summed E-state index contributed by atoms with van der Waals surface area (Å²) in [6.45, 7) is 3.15. The third kappa shape index (κ3) is 2.91. The summed E-state index contributed by atoms with van der Waals surface area (Å²) < 4.78 is 4.96. The van der Waals surface area contributed by atoms with Gasteiger partial charge in [-0.05, 0) is 37.4 Å². The molecule has 108 valence electrons. The standard InChI is InChI=1S/C14H19N3O3/c18-13(16-14(19)12-4-2-6-20-12)9-17-7-10-3-1-5-15-11(10)8-17/h2,4,6,10-11,15H,1,3,5,7-9H2,(H,16,18,19). The number of furan rings is 1. The molecule has 0 aromatic carbocycles. The molecule has 0 bridgehead atoms. The molecule has 2 N–H and O–H groups in total. The lowest BCUT2D eigenvalue weighted by molar-refractivity contribution is -0.121. The highest BCUT2D eigenvalue weighted by Gasteiger charge is 2.34. The number of imide groups is 1. The van der Waals surface area contributed by atoms with Gasteiger partial charge < -0.3 is 9.73 Å². The van der Waals surface area contributed by atoms with Crippen LogP contribution < -0.4 is 10.6 Å². The third-order valence-electron chi connectivity index (χ3n) is 4.04. The Bertz CT molecular complexity index is 472. The average Bonchev–Trinajstić information content (AvgIpc) is 3.07. The van der Waals surface area contributed by atoms with E-state index in [9.17, 15) is 9.59 Å². The topological polar surface area (TPSA) is 74.6 Å². The average molecular weight is 277 g/mol. The second-order valence-electron chi connectivity index (χ2n) is 5.51. The van der Waals surface area contributed by atoms with Crippen LogP contribution in [-0.2, 0) is 4.79 Å². The molecule has 0 spiro atoms. The summed E-state index contributed by atoms with van der Waals surface area (Å²) in [5.74, 6) is 0.0484. The van der Waals surface area contributed by atoms with Gasteiger partial charge in [-0.3, -0.25) is 19.8 Å². The van der Waals surface area contributed by atoms with Crippen LogP contribution in [0.4, 0.5) is 0 Å². The van der Waals surface area contributed by atoms with Crippen LogP contribution in [0.2, 0.25) is 0 Å². The zero-order chi connectivity index (χ0) is 13.9. The fourth-order valence-electron chi connectivity index (χ4n) is 3.10. The van der Waals surface area contributed by atoms with E-state index in [-0.39, 0.29) is 18.2 Å². The van der Waals surface area contributed by atoms with Crippen molar-refractivity contribution < 1.29 is 14.0 Å². The summed E-state index contributed by atoms with van der Waals surface area (Å²) in [5.41, 5.74) is 0. The van der Waals surface area contributed by atoms with Gasteiger partial charge in [0.05, 0.1) is 12.8 Å². The molecule has 0 saturated carbocycles. The van der Waals surface area contributed by atoms with E-state index in [1.54, 1.807) is 6.07 Å². The minimum absolute atomic E-state index is 0.162. The van der Waals surface area contributed by atoms with Crippen molar-refractivity contribution in [1.82, 2.24) is 15.5 Å². The molecule has 2 aliphatic rings. The van der Waals surface area contributed by atoms with Crippen LogP contribution in [0.3, 0.4) is 0 Å². The number of rotatable bonds is 3. The molecule has 2 unspecified atom stereocenters. The lowest BCUT2D eigenvalue weighted by atomic mass is 9.94. The van der Waals surface area contributed by atoms with Crippen LogP contribution >= 0.6 is 0 Å². The fraction of sp³-hybridized carbons (Fsp3) is 0.571. The third-order valence-corrected chi connectivity index (χ3v) is 4.04. The minimum Gasteiger partial charge on any atom is -0.459 e. The normalized spacial score (nSPS) is 26.2. The van der Waals surface area contributed by atoms with Gasteiger partial charge in [-0.1, -0.05) is 0 Å². The number of piperidine rings is 1. The highest BCUT2D eigenvalue weighted by atomic mass is 16.3. The Morgan fingerprint density at radius 3 is 3.10 bits per heavy atom. The van der Waals surface area contributed by atoms with Crippen LogP contribution in [0.25, 0.3) is 0 Å². The molecule has 3 rings (SSSR count). The van der Waals surface area contributed by atoms with Crippen LogP contribution in [0, 0.1) is 5.92 Å². The van der Waals surface area contributed by atoms with Gasteiger partial charge >= 0.3 is 0 Å². The summed E-state index contributed by atoms with van der Waals surface area (Å²) in [7, 11) is 0. The second kappa shape index (κ2) is 5.76. The number of amides is 2. The molecular formula is C14H19N3O3. The number of nitrogens with one attached hydrogen (secondary N) is 2. The molecule has 2 amide bonds. The summed E-state index contributed by atoms with van der Waals surface area (Å²) in [5, 5.41) is 5.85. The summed E-state index contributed by atoms with van der Waals surface area (Å²) >= 11 is 0. The molecule has 0 radical (unpaired) electrons. The number of fused-ring (bicyclic) bond motifs is 1. The Hall–Kier alpha value is -1.66. The first-order valence-electron chi connectivity index (χ1n) is 7.06. The Morgan fingerprint density at radius 2 is 2.35 bits per heavy atom. The van der Waals surface area contributed by atoms with Gasteiger partial charge in [-0.25, -0.2) is 0 Å². The molecular weight excluding hydrogens is 258 g/mol. The van der Waals surface area contributed by atoms with E-state index in [0.29, 0.717) is 12.0 Å². The van der Waals surface area contributed by atoms with Crippen LogP contribution in [0.1, 0.15) is 23.4 Å². The lowest BCUT2D eigenvalue weighted by Gasteiger charge is -2.24. The second-order valence-corrected chi connectivity index (χ2v) is 5.51. The monoisotopic (exact) mass is 277 g/mol. The summed E-state index contributed by atoms with van der Waals surface area (Å²) in [4.78, 5) is 25.7. The van der Waals surface area contributed by atoms with E-state index in [1.165, 1.54) is 25.2 Å². The first kappa shape index (κ1) is 13.3. The first-order valence-corrected chi connectivity index (χ1v) is 7.06. The molecule has 1 aromatic rings. The maximum atomic E-state index is 11.9. The largest absolute Gasteiger partial charge is 0.459 e. The lowest BCUT2D eigenvalue weighted by Crippen LogP contribution is -2.42. The molecule has 20 heavy (non-hydrogen) atoms. The van der Waals surface area contributed by atoms with Crippen LogP contribution in [0.15, 0.2) is 22.8 Å². The van der Waals surface area contributed by atoms with Gasteiger partial charge in [-0.15, -0.1) is 0 Å². The zero-order valence-corrected chi connectivity index (χ0v) is 11.3. The van der Waals surface area contributed by atoms with Crippen LogP contribution in [-0.4, -0.2) is 48.9 Å². The Morgan fingerprint density at radius 1 is 1.45 bits per heavy atom. The quantitative estimate of drug-likeness (QED) is 0.826. The van der Waals surface area contributed by atoms with Gasteiger partial charge in [0.25, 0.3) is 5.91 Å². The Kier molecular flexibility index (Phi) is 3.84. The molecule has 2 fully saturated rings. The molecule has 1 aromatic heterocycles. The highest BCUT2D eigenvalue weighted by molar-refractivity contribution is 6.03. The first-order chi connectivity index (χ1) is 9.72. The van der Waals surface area contributed by atoms with Crippen molar-refractivity contribution in [2.24, 2.45) is 5.92 Å². The van der Waals surface area contributed by atoms with Gasteiger partial charge in [0.15, 0.2) is 5.76 Å². The van der Waals surface area contributed by atoms with Gasteiger partial charge in [0, 0.05) is 19.1 Å². The SMILES string of the molecule is O=C(CN1CC2CCCNC2C1)NC(=O)c1ccco1. The van der Waals surface area contributed by atoms with E-state index in [1.807, 2.05) is 0 Å². The van der Waals surface area contributed by atoms with E-state index in [4.69, 9.17) is 4.42 Å². The van der Waals surface area contributed by atoms with Crippen LogP contribution in [0.5, 0.6) is 0 Å². The molecule has 3 heterocycles. The van der Waals surface area contributed by atoms with Gasteiger partial charge in [0.1, 0.15) is 0 Å². The van der Waals surface area contributed by atoms with Gasteiger partial charge in [-0.2, -0.15) is 0 Å². The number of likely N-dealkylation sites (tertiary alicyclic amines) is 1. The van der Waals surface area contributed by atoms with E-state index >= 15 is 0 Å². The summed E-state index contributed by atoms with van der Waals surface area (Å²) in [6, 6.07) is 3.66. The highest BCUT2D eigenvalue weighted by Crippen LogP contribution is 2.24. The van der Waals surface area contributed by atoms with E-state index in [2.05, 4.69) is 15.5 Å². The predicted molar refractivity (Wildman–Crippen MR) is 72.1 cm³/mol. The number of nitrogens with zero attached hydrogens (tertiary/aromatic N) is 1. The number of hydrogen-bond acceptors (Lipinski definition) is 5. The predicted octanol–water partition coefficient (Wildman–Crippen LogP) is 0.220. The fourth-order valence-corrected chi connectivity index (χ4v) is 3.10. The molecule has 2 atom stereocenters. The van der Waals surface area contributed by atoms with E-state index in [0.717, 1.165) is 19.6 Å². The van der Waals surface area contributed by atoms with Gasteiger partial charge in [0.2, 0.25) is 5.91 Å². The smallest absolute Gasteiger partial charge is 0.293 e. The molecule has 6 nitrogen and oxygen atoms in total. The number of carbonyl (C=O) groups is 2. The molecule has 0 aliphatic carbocycles. The molecule has 2 saturated heterocycles. The van der Waals surface area contributed by atoms with Crippen molar-refractivity contribution in [2.75, 3.05) is 26.2 Å². The Balaban J connectivity index is 1.48. The maximum Gasteiger partial charge on any atom is 0.293 e. The number of hydrogen-bond donors (Lipinski definition) is 2. The van der Waals surface area contributed by atoms with Crippen molar-refractivity contribution in [3.05, 3.63) is 24.2 Å². The minimum atomic E-state index is -0.477. The molecule has 6 heteroatoms. The molecule has 2 aliphatic heterocycles. The van der Waals surface area contributed by atoms with Crippen molar-refractivity contribution in [3.8, 4) is 0 Å². The Labute approximate surface area is 117 Å².